The number of nitriles is 1. The molecule has 0 aromatic heterocycles. The van der Waals surface area contributed by atoms with E-state index in [4.69, 9.17) is 5.26 Å². The van der Waals surface area contributed by atoms with Crippen LogP contribution in [0.25, 0.3) is 0 Å². The highest BCUT2D eigenvalue weighted by Crippen LogP contribution is 2.17. The van der Waals surface area contributed by atoms with E-state index in [1.165, 1.54) is 14.8 Å². The van der Waals surface area contributed by atoms with E-state index in [1.807, 2.05) is 0 Å². The van der Waals surface area contributed by atoms with Crippen LogP contribution in [-0.2, 0) is 0 Å². The highest BCUT2D eigenvalue weighted by Gasteiger charge is 1.97. The van der Waals surface area contributed by atoms with Crippen molar-refractivity contribution in [3.8, 4) is 6.07 Å². The van der Waals surface area contributed by atoms with Gasteiger partial charge in [0.05, 0.1) is 6.07 Å². The van der Waals surface area contributed by atoms with Gasteiger partial charge in [0.1, 0.15) is 0 Å². The van der Waals surface area contributed by atoms with Crippen LogP contribution in [0.4, 0.5) is 5.69 Å². The van der Waals surface area contributed by atoms with Crippen LogP contribution in [0.15, 0.2) is 18.2 Å². The lowest BCUT2D eigenvalue weighted by molar-refractivity contribution is 0.896. The van der Waals surface area contributed by atoms with Gasteiger partial charge in [-0.1, -0.05) is 6.07 Å². The first-order valence-electron chi connectivity index (χ1n) is 4.61. The van der Waals surface area contributed by atoms with Gasteiger partial charge in [-0.15, -0.1) is 0 Å². The van der Waals surface area contributed by atoms with Crippen molar-refractivity contribution >= 4 is 28.3 Å². The second kappa shape index (κ2) is 5.86. The summed E-state index contributed by atoms with van der Waals surface area (Å²) in [6.07, 6.45) is 1.53. The number of nitrogens with one attached hydrogen (secondary N) is 1. The Morgan fingerprint density at radius 3 is 3.00 bits per heavy atom. The highest BCUT2D eigenvalue weighted by molar-refractivity contribution is 14.1. The SMILES string of the molecule is Cc1ccc(I)cc1NCCCC#N. The minimum Gasteiger partial charge on any atom is -0.385 e. The molecule has 0 amide bonds. The van der Waals surface area contributed by atoms with E-state index < -0.39 is 0 Å². The summed E-state index contributed by atoms with van der Waals surface area (Å²) in [6.45, 7) is 2.96. The number of hydrogen-bond donors (Lipinski definition) is 1. The molecule has 1 rings (SSSR count). The number of halogens is 1. The molecule has 0 fully saturated rings. The monoisotopic (exact) mass is 300 g/mol. The maximum absolute atomic E-state index is 8.38. The smallest absolute Gasteiger partial charge is 0.0622 e. The molecule has 0 bridgehead atoms. The molecule has 1 N–H and O–H groups in total. The van der Waals surface area contributed by atoms with Crippen molar-refractivity contribution in [2.24, 2.45) is 0 Å². The summed E-state index contributed by atoms with van der Waals surface area (Å²) in [6, 6.07) is 8.46. The molecule has 0 spiro atoms. The molecule has 0 radical (unpaired) electrons. The van der Waals surface area contributed by atoms with E-state index in [-0.39, 0.29) is 0 Å². The van der Waals surface area contributed by atoms with Gasteiger partial charge in [0.15, 0.2) is 0 Å². The number of anilines is 1. The van der Waals surface area contributed by atoms with Crippen LogP contribution in [0, 0.1) is 21.8 Å². The fraction of sp³-hybridized carbons (Fsp3) is 0.364. The van der Waals surface area contributed by atoms with Crippen LogP contribution in [-0.4, -0.2) is 6.54 Å². The Labute approximate surface area is 98.5 Å². The van der Waals surface area contributed by atoms with Gasteiger partial charge in [0.2, 0.25) is 0 Å². The van der Waals surface area contributed by atoms with Crippen LogP contribution < -0.4 is 5.32 Å². The Bertz CT molecular complexity index is 342. The average molecular weight is 300 g/mol. The lowest BCUT2D eigenvalue weighted by Gasteiger charge is -2.08. The van der Waals surface area contributed by atoms with Gasteiger partial charge in [-0.2, -0.15) is 5.26 Å². The molecule has 14 heavy (non-hydrogen) atoms. The lowest BCUT2D eigenvalue weighted by Crippen LogP contribution is -2.02. The molecule has 0 unspecified atom stereocenters. The molecule has 0 aliphatic heterocycles. The second-order valence-electron chi connectivity index (χ2n) is 3.15. The molecule has 0 saturated carbocycles. The lowest BCUT2D eigenvalue weighted by atomic mass is 10.2. The molecule has 74 valence electrons. The summed E-state index contributed by atoms with van der Waals surface area (Å²) in [5, 5.41) is 11.7. The summed E-state index contributed by atoms with van der Waals surface area (Å²) in [4.78, 5) is 0. The van der Waals surface area contributed by atoms with Gasteiger partial charge in [0, 0.05) is 22.2 Å². The summed E-state index contributed by atoms with van der Waals surface area (Å²) in [7, 11) is 0. The van der Waals surface area contributed by atoms with E-state index in [2.05, 4.69) is 59.1 Å². The predicted octanol–water partition coefficient (Wildman–Crippen LogP) is 3.32. The largest absolute Gasteiger partial charge is 0.385 e. The molecule has 1 aromatic rings. The van der Waals surface area contributed by atoms with Gasteiger partial charge in [0.25, 0.3) is 0 Å². The third-order valence-corrected chi connectivity index (χ3v) is 2.65. The first-order valence-corrected chi connectivity index (χ1v) is 5.69. The van der Waals surface area contributed by atoms with Gasteiger partial charge >= 0.3 is 0 Å². The van der Waals surface area contributed by atoms with Crippen molar-refractivity contribution in [2.45, 2.75) is 19.8 Å². The molecular weight excluding hydrogens is 287 g/mol. The average Bonchev–Trinajstić information content (AvgIpc) is 2.18. The van der Waals surface area contributed by atoms with E-state index in [0.29, 0.717) is 6.42 Å². The number of hydrogen-bond acceptors (Lipinski definition) is 2. The van der Waals surface area contributed by atoms with Crippen molar-refractivity contribution in [1.82, 2.24) is 0 Å². The predicted molar refractivity (Wildman–Crippen MR) is 67.2 cm³/mol. The minimum atomic E-state index is 0.621. The Morgan fingerprint density at radius 2 is 2.29 bits per heavy atom. The number of nitrogens with zero attached hydrogens (tertiary/aromatic N) is 1. The molecule has 0 aliphatic carbocycles. The van der Waals surface area contributed by atoms with E-state index in [0.717, 1.165) is 13.0 Å². The Kier molecular flexibility index (Phi) is 4.74. The fourth-order valence-corrected chi connectivity index (χ4v) is 1.67. The first kappa shape index (κ1) is 11.3. The number of unbranched alkanes of at least 4 members (excludes halogenated alkanes) is 1. The molecular formula is C11H13IN2. The van der Waals surface area contributed by atoms with Crippen LogP contribution in [0.3, 0.4) is 0 Å². The maximum atomic E-state index is 8.38. The normalized spacial score (nSPS) is 9.50. The van der Waals surface area contributed by atoms with Crippen molar-refractivity contribution in [1.29, 1.82) is 5.26 Å². The summed E-state index contributed by atoms with van der Waals surface area (Å²) < 4.78 is 1.23. The van der Waals surface area contributed by atoms with Crippen molar-refractivity contribution in [2.75, 3.05) is 11.9 Å². The topological polar surface area (TPSA) is 35.8 Å². The minimum absolute atomic E-state index is 0.621. The number of aryl methyl sites for hydroxylation is 1. The number of benzene rings is 1. The zero-order valence-corrected chi connectivity index (χ0v) is 10.3. The Morgan fingerprint density at radius 1 is 1.50 bits per heavy atom. The van der Waals surface area contributed by atoms with E-state index in [1.54, 1.807) is 0 Å². The third-order valence-electron chi connectivity index (χ3n) is 1.98. The van der Waals surface area contributed by atoms with Crippen LogP contribution in [0.1, 0.15) is 18.4 Å². The van der Waals surface area contributed by atoms with Crippen molar-refractivity contribution in [3.05, 3.63) is 27.3 Å². The molecule has 2 nitrogen and oxygen atoms in total. The van der Waals surface area contributed by atoms with Crippen molar-refractivity contribution < 1.29 is 0 Å². The van der Waals surface area contributed by atoms with Gasteiger partial charge in [-0.05, 0) is 53.6 Å². The zero-order chi connectivity index (χ0) is 10.4. The molecule has 0 saturated heterocycles. The van der Waals surface area contributed by atoms with Gasteiger partial charge < -0.3 is 5.32 Å². The number of rotatable bonds is 4. The van der Waals surface area contributed by atoms with Crippen LogP contribution in [0.5, 0.6) is 0 Å². The summed E-state index contributed by atoms with van der Waals surface area (Å²) in [5.74, 6) is 0. The van der Waals surface area contributed by atoms with Crippen LogP contribution >= 0.6 is 22.6 Å². The Balaban J connectivity index is 2.50. The molecule has 0 aliphatic rings. The molecule has 3 heteroatoms. The maximum Gasteiger partial charge on any atom is 0.0622 e. The molecule has 0 heterocycles. The van der Waals surface area contributed by atoms with E-state index in [9.17, 15) is 0 Å². The van der Waals surface area contributed by atoms with E-state index >= 15 is 0 Å². The first-order chi connectivity index (χ1) is 6.74. The Hall–Kier alpha value is -0.760. The molecule has 1 aromatic carbocycles. The second-order valence-corrected chi connectivity index (χ2v) is 4.39. The van der Waals surface area contributed by atoms with Gasteiger partial charge in [-0.3, -0.25) is 0 Å². The summed E-state index contributed by atoms with van der Waals surface area (Å²) in [5.41, 5.74) is 2.43. The zero-order valence-electron chi connectivity index (χ0n) is 8.18. The van der Waals surface area contributed by atoms with Crippen LogP contribution in [0.2, 0.25) is 0 Å². The highest BCUT2D eigenvalue weighted by atomic mass is 127. The molecule has 0 atom stereocenters. The fourth-order valence-electron chi connectivity index (χ4n) is 1.18. The quantitative estimate of drug-likeness (QED) is 0.684. The van der Waals surface area contributed by atoms with Crippen molar-refractivity contribution in [3.63, 3.8) is 0 Å². The third kappa shape index (κ3) is 3.54. The van der Waals surface area contributed by atoms with Gasteiger partial charge in [-0.25, -0.2) is 0 Å². The standard InChI is InChI=1S/C11H13IN2/c1-9-4-5-10(12)8-11(9)14-7-3-2-6-13/h4-5,8,14H,2-3,7H2,1H3. The summed E-state index contributed by atoms with van der Waals surface area (Å²) >= 11 is 2.30.